The fourth-order valence-corrected chi connectivity index (χ4v) is 5.55. The van der Waals surface area contributed by atoms with E-state index in [0.717, 1.165) is 39.1 Å². The quantitative estimate of drug-likeness (QED) is 0.262. The van der Waals surface area contributed by atoms with Crippen LogP contribution in [0.1, 0.15) is 36.6 Å². The highest BCUT2D eigenvalue weighted by molar-refractivity contribution is 7.91. The molecule has 0 fully saturated rings. The lowest BCUT2D eigenvalue weighted by Crippen LogP contribution is -2.14. The zero-order valence-corrected chi connectivity index (χ0v) is 22.9. The van der Waals surface area contributed by atoms with Gasteiger partial charge in [-0.05, 0) is 91.2 Å². The molecule has 0 aliphatic carbocycles. The first-order chi connectivity index (χ1) is 18.7. The van der Waals surface area contributed by atoms with Crippen LogP contribution in [0.15, 0.2) is 96.2 Å². The Labute approximate surface area is 228 Å². The van der Waals surface area contributed by atoms with Crippen molar-refractivity contribution in [1.29, 1.82) is 0 Å². The number of nitrogens with one attached hydrogen (secondary N) is 1. The molecule has 5 aromatic rings. The normalized spacial score (nSPS) is 12.4. The molecule has 7 nitrogen and oxygen atoms in total. The minimum Gasteiger partial charge on any atom is -0.326 e. The zero-order valence-electron chi connectivity index (χ0n) is 22.1. The number of pyridine rings is 1. The number of fused-ring (bicyclic) bond motifs is 1. The van der Waals surface area contributed by atoms with Crippen LogP contribution in [0.25, 0.3) is 22.4 Å². The van der Waals surface area contributed by atoms with Crippen LogP contribution in [-0.2, 0) is 21.1 Å². The fourth-order valence-electron chi connectivity index (χ4n) is 4.66. The van der Waals surface area contributed by atoms with Gasteiger partial charge in [0.25, 0.3) is 0 Å². The molecule has 1 unspecified atom stereocenters. The summed E-state index contributed by atoms with van der Waals surface area (Å²) < 4.78 is 26.3. The summed E-state index contributed by atoms with van der Waals surface area (Å²) in [5.74, 6) is 0.712. The Bertz CT molecular complexity index is 1730. The third-order valence-electron chi connectivity index (χ3n) is 6.87. The highest BCUT2D eigenvalue weighted by Crippen LogP contribution is 2.32. The van der Waals surface area contributed by atoms with Gasteiger partial charge < -0.3 is 9.88 Å². The number of aromatic nitrogens is 3. The average Bonchev–Trinajstić information content (AvgIpc) is 3.32. The molecule has 3 aromatic carbocycles. The van der Waals surface area contributed by atoms with Crippen LogP contribution in [0, 0.1) is 6.92 Å². The van der Waals surface area contributed by atoms with Crippen LogP contribution in [0.2, 0.25) is 0 Å². The SMILES string of the molecule is CCS(=O)(=O)c1ccc(CC(=O)Nc2ccc(-c3nc4ccc(C)cc4n3C(C)c3ccncc3)cc2)cc1. The van der Waals surface area contributed by atoms with E-state index in [1.165, 1.54) is 0 Å². The average molecular weight is 539 g/mol. The topological polar surface area (TPSA) is 94.0 Å². The Morgan fingerprint density at radius 2 is 1.64 bits per heavy atom. The van der Waals surface area contributed by atoms with Gasteiger partial charge >= 0.3 is 0 Å². The molecule has 0 aliphatic heterocycles. The van der Waals surface area contributed by atoms with E-state index in [1.807, 2.05) is 42.5 Å². The van der Waals surface area contributed by atoms with Crippen LogP contribution >= 0.6 is 0 Å². The number of aryl methyl sites for hydroxylation is 1. The number of benzene rings is 3. The van der Waals surface area contributed by atoms with Gasteiger partial charge in [0.15, 0.2) is 9.84 Å². The second kappa shape index (κ2) is 10.8. The van der Waals surface area contributed by atoms with Crippen molar-refractivity contribution in [2.75, 3.05) is 11.1 Å². The summed E-state index contributed by atoms with van der Waals surface area (Å²) in [4.78, 5) is 22.1. The lowest BCUT2D eigenvalue weighted by molar-refractivity contribution is -0.115. The smallest absolute Gasteiger partial charge is 0.228 e. The van der Waals surface area contributed by atoms with E-state index in [4.69, 9.17) is 4.98 Å². The molecule has 198 valence electrons. The Kier molecular flexibility index (Phi) is 7.30. The van der Waals surface area contributed by atoms with E-state index in [-0.39, 0.29) is 29.0 Å². The second-order valence-corrected chi connectivity index (χ2v) is 11.9. The van der Waals surface area contributed by atoms with Gasteiger partial charge in [0.2, 0.25) is 5.91 Å². The molecule has 0 radical (unpaired) electrons. The van der Waals surface area contributed by atoms with Crippen molar-refractivity contribution in [3.63, 3.8) is 0 Å². The van der Waals surface area contributed by atoms with Gasteiger partial charge in [0.1, 0.15) is 5.82 Å². The summed E-state index contributed by atoms with van der Waals surface area (Å²) in [6.45, 7) is 5.84. The van der Waals surface area contributed by atoms with Crippen LogP contribution in [0.3, 0.4) is 0 Å². The van der Waals surface area contributed by atoms with Crippen LogP contribution in [-0.4, -0.2) is 34.6 Å². The minimum atomic E-state index is -3.26. The van der Waals surface area contributed by atoms with Gasteiger partial charge in [0.05, 0.1) is 34.1 Å². The van der Waals surface area contributed by atoms with Gasteiger partial charge in [-0.1, -0.05) is 25.1 Å². The van der Waals surface area contributed by atoms with E-state index >= 15 is 0 Å². The number of carbonyl (C=O) groups excluding carboxylic acids is 1. The number of imidazole rings is 1. The Morgan fingerprint density at radius 1 is 0.949 bits per heavy atom. The fraction of sp³-hybridized carbons (Fsp3) is 0.194. The van der Waals surface area contributed by atoms with Crippen molar-refractivity contribution in [3.05, 3.63) is 108 Å². The first kappa shape index (κ1) is 26.3. The van der Waals surface area contributed by atoms with Crippen LogP contribution in [0.5, 0.6) is 0 Å². The maximum atomic E-state index is 12.7. The number of amides is 1. The summed E-state index contributed by atoms with van der Waals surface area (Å²) in [6.07, 6.45) is 3.75. The number of rotatable bonds is 8. The Balaban J connectivity index is 1.37. The molecule has 1 N–H and O–H groups in total. The first-order valence-corrected chi connectivity index (χ1v) is 14.5. The molecule has 2 heterocycles. The van der Waals surface area contributed by atoms with Crippen molar-refractivity contribution < 1.29 is 13.2 Å². The lowest BCUT2D eigenvalue weighted by atomic mass is 10.1. The van der Waals surface area contributed by atoms with Crippen molar-refractivity contribution in [1.82, 2.24) is 14.5 Å². The maximum Gasteiger partial charge on any atom is 0.228 e. The number of nitrogens with zero attached hydrogens (tertiary/aromatic N) is 3. The molecule has 2 aromatic heterocycles. The molecular weight excluding hydrogens is 508 g/mol. The summed E-state index contributed by atoms with van der Waals surface area (Å²) in [5.41, 5.74) is 6.64. The van der Waals surface area contributed by atoms with Crippen molar-refractivity contribution in [2.45, 2.75) is 38.1 Å². The summed E-state index contributed by atoms with van der Waals surface area (Å²) in [6, 6.07) is 24.5. The number of carbonyl (C=O) groups is 1. The summed E-state index contributed by atoms with van der Waals surface area (Å²) in [7, 11) is -3.26. The molecular formula is C31H30N4O3S. The van der Waals surface area contributed by atoms with Crippen molar-refractivity contribution >= 4 is 32.5 Å². The number of anilines is 1. The molecule has 0 spiro atoms. The maximum absolute atomic E-state index is 12.7. The van der Waals surface area contributed by atoms with E-state index < -0.39 is 9.84 Å². The predicted octanol–water partition coefficient (Wildman–Crippen LogP) is 5.99. The van der Waals surface area contributed by atoms with Crippen molar-refractivity contribution in [3.8, 4) is 11.4 Å². The minimum absolute atomic E-state index is 0.0351. The van der Waals surface area contributed by atoms with E-state index in [2.05, 4.69) is 40.8 Å². The zero-order chi connectivity index (χ0) is 27.6. The molecule has 1 amide bonds. The van der Waals surface area contributed by atoms with Crippen LogP contribution < -0.4 is 5.32 Å². The molecule has 0 bridgehead atoms. The standard InChI is InChI=1S/C31H30N4O3S/c1-4-39(37,38)27-12-6-23(7-13-27)20-30(36)33-26-10-8-25(9-11-26)31-34-28-14-5-21(2)19-29(28)35(31)22(3)24-15-17-32-18-16-24/h5-19,22H,4,20H2,1-3H3,(H,33,36). The number of sulfone groups is 1. The first-order valence-electron chi connectivity index (χ1n) is 12.9. The molecule has 0 aliphatic rings. The molecule has 0 saturated carbocycles. The molecule has 39 heavy (non-hydrogen) atoms. The van der Waals surface area contributed by atoms with Crippen molar-refractivity contribution in [2.24, 2.45) is 0 Å². The van der Waals surface area contributed by atoms with Crippen LogP contribution in [0.4, 0.5) is 5.69 Å². The largest absolute Gasteiger partial charge is 0.326 e. The molecule has 8 heteroatoms. The highest BCUT2D eigenvalue weighted by atomic mass is 32.2. The Morgan fingerprint density at radius 3 is 2.31 bits per heavy atom. The van der Waals surface area contributed by atoms with Gasteiger partial charge in [0, 0.05) is 23.6 Å². The van der Waals surface area contributed by atoms with Gasteiger partial charge in [-0.15, -0.1) is 0 Å². The van der Waals surface area contributed by atoms with E-state index in [1.54, 1.807) is 43.6 Å². The van der Waals surface area contributed by atoms with E-state index in [9.17, 15) is 13.2 Å². The summed E-state index contributed by atoms with van der Waals surface area (Å²) in [5, 5.41) is 2.93. The summed E-state index contributed by atoms with van der Waals surface area (Å²) >= 11 is 0. The van der Waals surface area contributed by atoms with E-state index in [0.29, 0.717) is 5.69 Å². The van der Waals surface area contributed by atoms with Gasteiger partial charge in [-0.3, -0.25) is 9.78 Å². The highest BCUT2D eigenvalue weighted by Gasteiger charge is 2.19. The second-order valence-electron chi connectivity index (χ2n) is 9.60. The molecule has 1 atom stereocenters. The third kappa shape index (κ3) is 5.61. The number of hydrogen-bond donors (Lipinski definition) is 1. The monoisotopic (exact) mass is 538 g/mol. The molecule has 5 rings (SSSR count). The molecule has 0 saturated heterocycles. The lowest BCUT2D eigenvalue weighted by Gasteiger charge is -2.18. The number of hydrogen-bond acceptors (Lipinski definition) is 5. The van der Waals surface area contributed by atoms with Gasteiger partial charge in [-0.2, -0.15) is 0 Å². The predicted molar refractivity (Wildman–Crippen MR) is 154 cm³/mol. The third-order valence-corrected chi connectivity index (χ3v) is 8.63. The Hall–Kier alpha value is -4.30. The van der Waals surface area contributed by atoms with Gasteiger partial charge in [-0.25, -0.2) is 13.4 Å².